The van der Waals surface area contributed by atoms with Crippen molar-refractivity contribution < 1.29 is 0 Å². The molecule has 0 radical (unpaired) electrons. The summed E-state index contributed by atoms with van der Waals surface area (Å²) in [4.78, 5) is 17.9. The number of halogens is 1. The van der Waals surface area contributed by atoms with Gasteiger partial charge in [-0.1, -0.05) is 48.0 Å². The maximum Gasteiger partial charge on any atom is 0.229 e. The predicted molar refractivity (Wildman–Crippen MR) is 131 cm³/mol. The first-order valence-corrected chi connectivity index (χ1v) is 11.3. The second kappa shape index (κ2) is 9.83. The molecule has 2 heterocycles. The van der Waals surface area contributed by atoms with Crippen molar-refractivity contribution in [3.8, 4) is 0 Å². The number of hydrogen-bond acceptors (Lipinski definition) is 7. The minimum atomic E-state index is 0.249. The van der Waals surface area contributed by atoms with Gasteiger partial charge in [0, 0.05) is 36.5 Å². The van der Waals surface area contributed by atoms with E-state index >= 15 is 0 Å². The number of benzene rings is 2. The molecule has 7 nitrogen and oxygen atoms in total. The summed E-state index contributed by atoms with van der Waals surface area (Å²) in [6.45, 7) is 1.15. The van der Waals surface area contributed by atoms with E-state index in [4.69, 9.17) is 11.6 Å². The molecule has 0 atom stereocenters. The number of rotatable bonds is 8. The highest BCUT2D eigenvalue weighted by molar-refractivity contribution is 6.30. The first kappa shape index (κ1) is 21.2. The SMILES string of the molecule is Clc1cccc(CNc2nc(NCc3ccncc3)nc(NC3Cc4ccccc4C3)n2)c1. The van der Waals surface area contributed by atoms with Crippen molar-refractivity contribution in [1.29, 1.82) is 0 Å². The molecule has 0 aliphatic heterocycles. The summed E-state index contributed by atoms with van der Waals surface area (Å²) in [7, 11) is 0. The maximum absolute atomic E-state index is 6.12. The third kappa shape index (κ3) is 5.56. The normalized spacial score (nSPS) is 12.9. The lowest BCUT2D eigenvalue weighted by Gasteiger charge is -2.15. The molecule has 0 bridgehead atoms. The number of anilines is 3. The van der Waals surface area contributed by atoms with Crippen molar-refractivity contribution >= 4 is 29.4 Å². The van der Waals surface area contributed by atoms with E-state index in [9.17, 15) is 0 Å². The van der Waals surface area contributed by atoms with Crippen LogP contribution >= 0.6 is 11.6 Å². The van der Waals surface area contributed by atoms with Crippen LogP contribution < -0.4 is 16.0 Å². The van der Waals surface area contributed by atoms with Crippen molar-refractivity contribution in [2.75, 3.05) is 16.0 Å². The van der Waals surface area contributed by atoms with Gasteiger partial charge in [0.15, 0.2) is 0 Å². The molecule has 0 spiro atoms. The minimum absolute atomic E-state index is 0.249. The molecule has 166 valence electrons. The van der Waals surface area contributed by atoms with E-state index in [0.717, 1.165) is 24.0 Å². The summed E-state index contributed by atoms with van der Waals surface area (Å²) in [5.74, 6) is 1.56. The number of nitrogens with zero attached hydrogens (tertiary/aromatic N) is 4. The van der Waals surface area contributed by atoms with Gasteiger partial charge in [-0.05, 0) is 59.4 Å². The monoisotopic (exact) mass is 457 g/mol. The molecule has 2 aromatic heterocycles. The number of aromatic nitrogens is 4. The highest BCUT2D eigenvalue weighted by Gasteiger charge is 2.22. The Morgan fingerprint density at radius 3 is 2.03 bits per heavy atom. The number of fused-ring (bicyclic) bond motifs is 1. The lowest BCUT2D eigenvalue weighted by molar-refractivity contribution is 0.759. The summed E-state index contributed by atoms with van der Waals surface area (Å²) in [6.07, 6.45) is 5.44. The van der Waals surface area contributed by atoms with E-state index in [2.05, 4.69) is 60.2 Å². The Balaban J connectivity index is 1.33. The van der Waals surface area contributed by atoms with Gasteiger partial charge in [0.2, 0.25) is 17.8 Å². The van der Waals surface area contributed by atoms with Gasteiger partial charge in [0.05, 0.1) is 0 Å². The van der Waals surface area contributed by atoms with Crippen molar-refractivity contribution in [1.82, 2.24) is 19.9 Å². The van der Waals surface area contributed by atoms with Gasteiger partial charge >= 0.3 is 0 Å². The summed E-state index contributed by atoms with van der Waals surface area (Å²) in [5, 5.41) is 10.8. The van der Waals surface area contributed by atoms with Crippen LogP contribution in [0.1, 0.15) is 22.3 Å². The average molecular weight is 458 g/mol. The molecule has 0 amide bonds. The summed E-state index contributed by atoms with van der Waals surface area (Å²) in [5.41, 5.74) is 4.90. The molecular weight excluding hydrogens is 434 g/mol. The van der Waals surface area contributed by atoms with Crippen LogP contribution in [0.4, 0.5) is 17.8 Å². The lowest BCUT2D eigenvalue weighted by atomic mass is 10.1. The van der Waals surface area contributed by atoms with Crippen LogP contribution in [0.3, 0.4) is 0 Å². The molecule has 4 aromatic rings. The Kier molecular flexibility index (Phi) is 6.30. The molecule has 0 fully saturated rings. The number of hydrogen-bond donors (Lipinski definition) is 3. The number of nitrogens with one attached hydrogen (secondary N) is 3. The largest absolute Gasteiger partial charge is 0.351 e. The Labute approximate surface area is 197 Å². The first-order chi connectivity index (χ1) is 16.2. The second-order valence-electron chi connectivity index (χ2n) is 8.02. The standard InChI is InChI=1S/C25H24ClN7/c26-21-7-3-4-18(12-21)16-29-24-31-23(28-15-17-8-10-27-11-9-17)32-25(33-24)30-22-13-19-5-1-2-6-20(19)14-22/h1-12,22H,13-16H2,(H3,28,29,30,31,32,33). The van der Waals surface area contributed by atoms with Crippen LogP contribution in [-0.2, 0) is 25.9 Å². The average Bonchev–Trinajstić information content (AvgIpc) is 3.24. The van der Waals surface area contributed by atoms with Crippen molar-refractivity contribution in [2.45, 2.75) is 32.0 Å². The molecule has 5 rings (SSSR count). The van der Waals surface area contributed by atoms with Crippen LogP contribution in [0.5, 0.6) is 0 Å². The predicted octanol–water partition coefficient (Wildman–Crippen LogP) is 4.72. The van der Waals surface area contributed by atoms with Gasteiger partial charge in [0.1, 0.15) is 0 Å². The van der Waals surface area contributed by atoms with E-state index in [-0.39, 0.29) is 6.04 Å². The fraction of sp³-hybridized carbons (Fsp3) is 0.200. The smallest absolute Gasteiger partial charge is 0.229 e. The zero-order chi connectivity index (χ0) is 22.5. The van der Waals surface area contributed by atoms with E-state index in [0.29, 0.717) is 36.0 Å². The highest BCUT2D eigenvalue weighted by Crippen LogP contribution is 2.24. The third-order valence-corrected chi connectivity index (χ3v) is 5.79. The molecule has 2 aromatic carbocycles. The summed E-state index contributed by atoms with van der Waals surface area (Å²) < 4.78 is 0. The third-order valence-electron chi connectivity index (χ3n) is 5.56. The fourth-order valence-corrected chi connectivity index (χ4v) is 4.16. The lowest BCUT2D eigenvalue weighted by Crippen LogP contribution is -2.22. The van der Waals surface area contributed by atoms with Crippen molar-refractivity contribution in [2.24, 2.45) is 0 Å². The Morgan fingerprint density at radius 2 is 1.36 bits per heavy atom. The van der Waals surface area contributed by atoms with Crippen LogP contribution in [0.25, 0.3) is 0 Å². The van der Waals surface area contributed by atoms with Crippen LogP contribution in [-0.4, -0.2) is 26.0 Å². The molecule has 0 unspecified atom stereocenters. The Bertz CT molecular complexity index is 1210. The summed E-state index contributed by atoms with van der Waals surface area (Å²) in [6, 6.07) is 20.4. The Hall–Kier alpha value is -3.71. The summed E-state index contributed by atoms with van der Waals surface area (Å²) >= 11 is 6.12. The topological polar surface area (TPSA) is 87.7 Å². The van der Waals surface area contributed by atoms with Gasteiger partial charge < -0.3 is 16.0 Å². The zero-order valence-corrected chi connectivity index (χ0v) is 18.8. The zero-order valence-electron chi connectivity index (χ0n) is 18.0. The first-order valence-electron chi connectivity index (χ1n) is 10.9. The highest BCUT2D eigenvalue weighted by atomic mass is 35.5. The minimum Gasteiger partial charge on any atom is -0.351 e. The molecule has 3 N–H and O–H groups in total. The molecule has 0 saturated heterocycles. The van der Waals surface area contributed by atoms with Crippen molar-refractivity contribution in [3.05, 3.63) is 100 Å². The Morgan fingerprint density at radius 1 is 0.727 bits per heavy atom. The molecule has 8 heteroatoms. The van der Waals surface area contributed by atoms with Gasteiger partial charge in [-0.25, -0.2) is 0 Å². The van der Waals surface area contributed by atoms with Crippen LogP contribution in [0.15, 0.2) is 73.1 Å². The maximum atomic E-state index is 6.12. The molecule has 0 saturated carbocycles. The molecule has 33 heavy (non-hydrogen) atoms. The van der Waals surface area contributed by atoms with Gasteiger partial charge in [-0.2, -0.15) is 15.0 Å². The van der Waals surface area contributed by atoms with E-state index in [1.807, 2.05) is 36.4 Å². The number of pyridine rings is 1. The van der Waals surface area contributed by atoms with E-state index < -0.39 is 0 Å². The van der Waals surface area contributed by atoms with E-state index in [1.54, 1.807) is 12.4 Å². The molecular formula is C25H24ClN7. The van der Waals surface area contributed by atoms with Crippen LogP contribution in [0, 0.1) is 0 Å². The van der Waals surface area contributed by atoms with Gasteiger partial charge in [-0.3, -0.25) is 4.98 Å². The van der Waals surface area contributed by atoms with Gasteiger partial charge in [0.25, 0.3) is 0 Å². The quantitative estimate of drug-likeness (QED) is 0.352. The van der Waals surface area contributed by atoms with Crippen LogP contribution in [0.2, 0.25) is 5.02 Å². The van der Waals surface area contributed by atoms with E-state index in [1.165, 1.54) is 11.1 Å². The van der Waals surface area contributed by atoms with Crippen molar-refractivity contribution in [3.63, 3.8) is 0 Å². The second-order valence-corrected chi connectivity index (χ2v) is 8.45. The molecule has 1 aliphatic rings. The molecule has 1 aliphatic carbocycles. The fourth-order valence-electron chi connectivity index (χ4n) is 3.95. The van der Waals surface area contributed by atoms with Gasteiger partial charge in [-0.15, -0.1) is 0 Å².